The summed E-state index contributed by atoms with van der Waals surface area (Å²) in [5.41, 5.74) is 6.10. The van der Waals surface area contributed by atoms with Crippen molar-refractivity contribution in [3.63, 3.8) is 0 Å². The van der Waals surface area contributed by atoms with Gasteiger partial charge in [-0.1, -0.05) is 0 Å². The van der Waals surface area contributed by atoms with E-state index < -0.39 is 25.0 Å². The summed E-state index contributed by atoms with van der Waals surface area (Å²) in [6, 6.07) is 4.25. The Morgan fingerprint density at radius 1 is 1.44 bits per heavy atom. The summed E-state index contributed by atoms with van der Waals surface area (Å²) >= 11 is 0. The maximum Gasteiger partial charge on any atom is 0.390 e. The lowest BCUT2D eigenvalue weighted by Gasteiger charge is -2.09. The van der Waals surface area contributed by atoms with Crippen LogP contribution in [-0.4, -0.2) is 25.7 Å². The molecule has 0 aliphatic heterocycles. The lowest BCUT2D eigenvalue weighted by Crippen LogP contribution is -2.27. The van der Waals surface area contributed by atoms with Gasteiger partial charge in [-0.3, -0.25) is 4.79 Å². The molecule has 0 aliphatic rings. The standard InChI is InChI=1S/C11H13F3N2O2/c1-18-9-6-7(2-3-8(9)15)10(17)16-5-4-11(12,13)14/h2-3,6H,4-5,15H2,1H3,(H,16,17). The number of carbonyl (C=O) groups excluding carboxylic acids is 1. The summed E-state index contributed by atoms with van der Waals surface area (Å²) in [7, 11) is 1.39. The Morgan fingerprint density at radius 3 is 2.67 bits per heavy atom. The van der Waals surface area contributed by atoms with E-state index in [2.05, 4.69) is 5.32 Å². The van der Waals surface area contributed by atoms with Gasteiger partial charge in [0, 0.05) is 12.1 Å². The van der Waals surface area contributed by atoms with Gasteiger partial charge < -0.3 is 15.8 Å². The van der Waals surface area contributed by atoms with Gasteiger partial charge in [0.1, 0.15) is 5.75 Å². The summed E-state index contributed by atoms with van der Waals surface area (Å²) in [6.45, 7) is -0.463. The molecule has 1 amide bonds. The van der Waals surface area contributed by atoms with Gasteiger partial charge in [-0.2, -0.15) is 13.2 Å². The lowest BCUT2D eigenvalue weighted by molar-refractivity contribution is -0.132. The first-order valence-corrected chi connectivity index (χ1v) is 5.12. The van der Waals surface area contributed by atoms with E-state index in [1.165, 1.54) is 25.3 Å². The summed E-state index contributed by atoms with van der Waals surface area (Å²) in [5.74, 6) is -0.295. The smallest absolute Gasteiger partial charge is 0.390 e. The second kappa shape index (κ2) is 5.61. The molecule has 0 fully saturated rings. The predicted octanol–water partition coefficient (Wildman–Crippen LogP) is 1.96. The van der Waals surface area contributed by atoms with Crippen molar-refractivity contribution in [3.8, 4) is 5.75 Å². The first-order chi connectivity index (χ1) is 8.33. The van der Waals surface area contributed by atoms with Gasteiger partial charge in [-0.15, -0.1) is 0 Å². The first kappa shape index (κ1) is 14.1. The molecule has 0 saturated heterocycles. The van der Waals surface area contributed by atoms with Crippen LogP contribution >= 0.6 is 0 Å². The van der Waals surface area contributed by atoms with Crippen molar-refractivity contribution < 1.29 is 22.7 Å². The average molecular weight is 262 g/mol. The Bertz CT molecular complexity index is 433. The minimum absolute atomic E-state index is 0.197. The fourth-order valence-electron chi connectivity index (χ4n) is 1.27. The van der Waals surface area contributed by atoms with E-state index in [-0.39, 0.29) is 5.56 Å². The van der Waals surface area contributed by atoms with Crippen molar-refractivity contribution in [3.05, 3.63) is 23.8 Å². The highest BCUT2D eigenvalue weighted by Crippen LogP contribution is 2.22. The highest BCUT2D eigenvalue weighted by atomic mass is 19.4. The molecule has 7 heteroatoms. The van der Waals surface area contributed by atoms with Gasteiger partial charge in [0.15, 0.2) is 0 Å². The van der Waals surface area contributed by atoms with Crippen molar-refractivity contribution in [2.45, 2.75) is 12.6 Å². The number of anilines is 1. The highest BCUT2D eigenvalue weighted by Gasteiger charge is 2.26. The summed E-state index contributed by atoms with van der Waals surface area (Å²) < 4.78 is 40.6. The summed E-state index contributed by atoms with van der Waals surface area (Å²) in [4.78, 5) is 11.5. The average Bonchev–Trinajstić information content (AvgIpc) is 2.27. The fraction of sp³-hybridized carbons (Fsp3) is 0.364. The number of alkyl halides is 3. The van der Waals surface area contributed by atoms with E-state index in [0.717, 1.165) is 0 Å². The van der Waals surface area contributed by atoms with Crippen molar-refractivity contribution >= 4 is 11.6 Å². The number of benzene rings is 1. The van der Waals surface area contributed by atoms with Gasteiger partial charge >= 0.3 is 6.18 Å². The van der Waals surface area contributed by atoms with Crippen molar-refractivity contribution in [1.29, 1.82) is 0 Å². The molecule has 1 aromatic rings. The van der Waals surface area contributed by atoms with Crippen LogP contribution in [0.4, 0.5) is 18.9 Å². The monoisotopic (exact) mass is 262 g/mol. The number of methoxy groups -OCH3 is 1. The van der Waals surface area contributed by atoms with Crippen LogP contribution in [0.3, 0.4) is 0 Å². The molecule has 0 atom stereocenters. The van der Waals surface area contributed by atoms with Crippen LogP contribution in [0.2, 0.25) is 0 Å². The molecule has 0 aromatic heterocycles. The van der Waals surface area contributed by atoms with Crippen LogP contribution in [0.5, 0.6) is 5.75 Å². The highest BCUT2D eigenvalue weighted by molar-refractivity contribution is 5.95. The minimum atomic E-state index is -4.29. The second-order valence-corrected chi connectivity index (χ2v) is 3.58. The molecule has 0 aliphatic carbocycles. The largest absolute Gasteiger partial charge is 0.495 e. The molecule has 4 nitrogen and oxygen atoms in total. The zero-order valence-electron chi connectivity index (χ0n) is 9.67. The maximum atomic E-state index is 11.9. The molecule has 0 spiro atoms. The quantitative estimate of drug-likeness (QED) is 0.815. The van der Waals surface area contributed by atoms with Gasteiger partial charge in [-0.25, -0.2) is 0 Å². The topological polar surface area (TPSA) is 64.3 Å². The van der Waals surface area contributed by atoms with E-state index in [4.69, 9.17) is 10.5 Å². The molecule has 0 unspecified atom stereocenters. The Morgan fingerprint density at radius 2 is 2.11 bits per heavy atom. The van der Waals surface area contributed by atoms with E-state index in [1.807, 2.05) is 0 Å². The fourth-order valence-corrected chi connectivity index (χ4v) is 1.27. The first-order valence-electron chi connectivity index (χ1n) is 5.12. The molecule has 18 heavy (non-hydrogen) atoms. The van der Waals surface area contributed by atoms with Crippen LogP contribution in [0.1, 0.15) is 16.8 Å². The Hall–Kier alpha value is -1.92. The molecule has 0 bridgehead atoms. The molecule has 0 heterocycles. The third-order valence-corrected chi connectivity index (χ3v) is 2.19. The number of nitrogens with one attached hydrogen (secondary N) is 1. The molecular formula is C11H13F3N2O2. The molecule has 1 aromatic carbocycles. The zero-order chi connectivity index (χ0) is 13.8. The Kier molecular flexibility index (Phi) is 4.41. The SMILES string of the molecule is COc1cc(C(=O)NCCC(F)(F)F)ccc1N. The molecule has 100 valence electrons. The third kappa shape index (κ3) is 4.15. The predicted molar refractivity (Wildman–Crippen MR) is 60.4 cm³/mol. The van der Waals surface area contributed by atoms with E-state index in [1.54, 1.807) is 0 Å². The number of amides is 1. The second-order valence-electron chi connectivity index (χ2n) is 3.58. The number of hydrogen-bond acceptors (Lipinski definition) is 3. The summed E-state index contributed by atoms with van der Waals surface area (Å²) in [5, 5.41) is 2.17. The number of nitrogen functional groups attached to an aromatic ring is 1. The zero-order valence-corrected chi connectivity index (χ0v) is 9.67. The van der Waals surface area contributed by atoms with Crippen LogP contribution in [0.25, 0.3) is 0 Å². The van der Waals surface area contributed by atoms with E-state index in [0.29, 0.717) is 11.4 Å². The summed E-state index contributed by atoms with van der Waals surface area (Å²) in [6.07, 6.45) is -5.35. The van der Waals surface area contributed by atoms with Crippen LogP contribution in [0, 0.1) is 0 Å². The van der Waals surface area contributed by atoms with Crippen molar-refractivity contribution in [1.82, 2.24) is 5.32 Å². The van der Waals surface area contributed by atoms with Crippen molar-refractivity contribution in [2.24, 2.45) is 0 Å². The molecule has 3 N–H and O–H groups in total. The van der Waals surface area contributed by atoms with Crippen LogP contribution < -0.4 is 15.8 Å². The lowest BCUT2D eigenvalue weighted by atomic mass is 10.1. The minimum Gasteiger partial charge on any atom is -0.495 e. The Labute approximate surface area is 102 Å². The maximum absolute atomic E-state index is 11.9. The third-order valence-electron chi connectivity index (χ3n) is 2.19. The van der Waals surface area contributed by atoms with Gasteiger partial charge in [0.25, 0.3) is 5.91 Å². The van der Waals surface area contributed by atoms with E-state index in [9.17, 15) is 18.0 Å². The number of rotatable bonds is 4. The van der Waals surface area contributed by atoms with Crippen LogP contribution in [0.15, 0.2) is 18.2 Å². The van der Waals surface area contributed by atoms with Gasteiger partial charge in [0.05, 0.1) is 19.2 Å². The molecule has 0 radical (unpaired) electrons. The molecular weight excluding hydrogens is 249 g/mol. The number of hydrogen-bond donors (Lipinski definition) is 2. The number of nitrogens with two attached hydrogens (primary N) is 1. The van der Waals surface area contributed by atoms with Crippen LogP contribution in [-0.2, 0) is 0 Å². The molecule has 0 saturated carbocycles. The Balaban J connectivity index is 2.62. The van der Waals surface area contributed by atoms with E-state index >= 15 is 0 Å². The number of carbonyl (C=O) groups is 1. The van der Waals surface area contributed by atoms with Gasteiger partial charge in [0.2, 0.25) is 0 Å². The molecule has 1 rings (SSSR count). The van der Waals surface area contributed by atoms with Crippen molar-refractivity contribution in [2.75, 3.05) is 19.4 Å². The number of ether oxygens (including phenoxy) is 1. The number of halogens is 3. The normalized spacial score (nSPS) is 11.1. The van der Waals surface area contributed by atoms with Gasteiger partial charge in [-0.05, 0) is 18.2 Å².